The molecule has 0 saturated heterocycles. The second-order valence-corrected chi connectivity index (χ2v) is 1.96. The van der Waals surface area contributed by atoms with Gasteiger partial charge in [0.1, 0.15) is 0 Å². The summed E-state index contributed by atoms with van der Waals surface area (Å²) in [4.78, 5) is 0. The molecule has 0 heterocycles. The molecule has 0 amide bonds. The monoisotopic (exact) mass is 98.1 g/mol. The predicted octanol–water partition coefficient (Wildman–Crippen LogP) is 2.75. The Bertz CT molecular complexity index is 54.4. The van der Waals surface area contributed by atoms with Crippen molar-refractivity contribution in [3.63, 3.8) is 0 Å². The summed E-state index contributed by atoms with van der Waals surface area (Å²) in [6, 6.07) is 0. The van der Waals surface area contributed by atoms with Crippen LogP contribution in [0.3, 0.4) is 0 Å². The molecule has 0 heteroatoms. The van der Waals surface area contributed by atoms with E-state index in [9.17, 15) is 0 Å². The summed E-state index contributed by atoms with van der Waals surface area (Å²) >= 11 is 0. The number of rotatable bonds is 0. The van der Waals surface area contributed by atoms with Crippen LogP contribution in [0.2, 0.25) is 0 Å². The highest BCUT2D eigenvalue weighted by Crippen LogP contribution is 2.20. The van der Waals surface area contributed by atoms with E-state index in [4.69, 9.17) is 0 Å². The predicted molar refractivity (Wildman–Crippen MR) is 34.3 cm³/mol. The maximum absolute atomic E-state index is 3.85. The zero-order chi connectivity index (χ0) is 4.41. The van der Waals surface area contributed by atoms with Gasteiger partial charge in [0.2, 0.25) is 0 Å². The van der Waals surface area contributed by atoms with Crippen molar-refractivity contribution in [3.05, 3.63) is 12.2 Å². The van der Waals surface area contributed by atoms with Gasteiger partial charge in [-0.2, -0.15) is 0 Å². The smallest absolute Gasteiger partial charge is 0.0323 e. The Morgan fingerprint density at radius 3 is 1.71 bits per heavy atom. The standard InChI is InChI=1S/C6H10.CH4/c1-6-4-2-3-5-6;/h1-5H2;1H4. The first-order valence-corrected chi connectivity index (χ1v) is 2.56. The van der Waals surface area contributed by atoms with E-state index in [1.165, 1.54) is 31.3 Å². The largest absolute Gasteiger partial charge is 0.0999 e. The van der Waals surface area contributed by atoms with E-state index in [1.54, 1.807) is 0 Å². The van der Waals surface area contributed by atoms with Gasteiger partial charge in [0.05, 0.1) is 0 Å². The highest BCUT2D eigenvalue weighted by atomic mass is 14.1. The van der Waals surface area contributed by atoms with Crippen molar-refractivity contribution in [3.8, 4) is 0 Å². The van der Waals surface area contributed by atoms with Crippen LogP contribution in [-0.4, -0.2) is 0 Å². The molecule has 1 aliphatic rings. The molecule has 42 valence electrons. The van der Waals surface area contributed by atoms with Gasteiger partial charge in [-0.05, 0) is 25.7 Å². The second kappa shape index (κ2) is 2.84. The van der Waals surface area contributed by atoms with E-state index in [1.807, 2.05) is 0 Å². The van der Waals surface area contributed by atoms with Crippen LogP contribution in [0.1, 0.15) is 33.1 Å². The lowest BCUT2D eigenvalue weighted by Gasteiger charge is -1.80. The van der Waals surface area contributed by atoms with Crippen molar-refractivity contribution >= 4 is 0 Å². The van der Waals surface area contributed by atoms with Gasteiger partial charge in [0.15, 0.2) is 0 Å². The first kappa shape index (κ1) is 6.74. The molecule has 0 N–H and O–H groups in total. The summed E-state index contributed by atoms with van der Waals surface area (Å²) in [5.41, 5.74) is 1.45. The lowest BCUT2D eigenvalue weighted by atomic mass is 10.3. The topological polar surface area (TPSA) is 0 Å². The van der Waals surface area contributed by atoms with Gasteiger partial charge in [0, 0.05) is 0 Å². The van der Waals surface area contributed by atoms with Crippen LogP contribution in [0.4, 0.5) is 0 Å². The highest BCUT2D eigenvalue weighted by molar-refractivity contribution is 4.98. The number of hydrogen-bond acceptors (Lipinski definition) is 0. The van der Waals surface area contributed by atoms with Crippen molar-refractivity contribution in [2.24, 2.45) is 0 Å². The summed E-state index contributed by atoms with van der Waals surface area (Å²) in [7, 11) is 0. The molecule has 0 bridgehead atoms. The quantitative estimate of drug-likeness (QED) is 0.409. The molecule has 0 radical (unpaired) electrons. The van der Waals surface area contributed by atoms with Crippen LogP contribution < -0.4 is 0 Å². The molecule has 7 heavy (non-hydrogen) atoms. The number of allylic oxidation sites excluding steroid dienone is 1. The summed E-state index contributed by atoms with van der Waals surface area (Å²) in [5, 5.41) is 0. The number of hydrogen-bond donors (Lipinski definition) is 0. The molecule has 0 aliphatic heterocycles. The zero-order valence-electron chi connectivity index (χ0n) is 4.04. The summed E-state index contributed by atoms with van der Waals surface area (Å²) in [6.45, 7) is 3.85. The molecule has 0 aromatic carbocycles. The molecule has 0 aromatic heterocycles. The summed E-state index contributed by atoms with van der Waals surface area (Å²) in [5.74, 6) is 0. The van der Waals surface area contributed by atoms with Crippen molar-refractivity contribution in [1.29, 1.82) is 0 Å². The Kier molecular flexibility index (Phi) is 2.73. The molecule has 0 nitrogen and oxygen atoms in total. The van der Waals surface area contributed by atoms with E-state index in [2.05, 4.69) is 6.58 Å². The molecular weight excluding hydrogens is 84.1 g/mol. The van der Waals surface area contributed by atoms with E-state index >= 15 is 0 Å². The summed E-state index contributed by atoms with van der Waals surface area (Å²) in [6.07, 6.45) is 5.36. The van der Waals surface area contributed by atoms with Gasteiger partial charge >= 0.3 is 0 Å². The minimum absolute atomic E-state index is 0. The Labute approximate surface area is 46.2 Å². The van der Waals surface area contributed by atoms with E-state index in [0.29, 0.717) is 0 Å². The lowest BCUT2D eigenvalue weighted by molar-refractivity contribution is 0.886. The Morgan fingerprint density at radius 1 is 1.14 bits per heavy atom. The third kappa shape index (κ3) is 1.77. The van der Waals surface area contributed by atoms with Gasteiger partial charge in [-0.3, -0.25) is 0 Å². The Balaban J connectivity index is 0.000000360. The molecule has 0 unspecified atom stereocenters. The maximum atomic E-state index is 3.85. The van der Waals surface area contributed by atoms with Gasteiger partial charge in [0.25, 0.3) is 0 Å². The van der Waals surface area contributed by atoms with Crippen LogP contribution in [-0.2, 0) is 0 Å². The van der Waals surface area contributed by atoms with E-state index < -0.39 is 0 Å². The minimum atomic E-state index is 0. The molecule has 0 atom stereocenters. The van der Waals surface area contributed by atoms with Gasteiger partial charge in [-0.25, -0.2) is 0 Å². The SMILES string of the molecule is C.C=C1CCCC1. The molecule has 1 rings (SSSR count). The third-order valence-corrected chi connectivity index (χ3v) is 1.31. The maximum Gasteiger partial charge on any atom is -0.0323 e. The van der Waals surface area contributed by atoms with Gasteiger partial charge < -0.3 is 0 Å². The molecule has 1 fully saturated rings. The summed E-state index contributed by atoms with van der Waals surface area (Å²) < 4.78 is 0. The molecular formula is C7H14. The van der Waals surface area contributed by atoms with Crippen LogP contribution >= 0.6 is 0 Å². The van der Waals surface area contributed by atoms with Crippen molar-refractivity contribution in [1.82, 2.24) is 0 Å². The van der Waals surface area contributed by atoms with Crippen molar-refractivity contribution in [2.75, 3.05) is 0 Å². The van der Waals surface area contributed by atoms with E-state index in [0.717, 1.165) is 0 Å². The van der Waals surface area contributed by atoms with E-state index in [-0.39, 0.29) is 7.43 Å². The molecule has 1 saturated carbocycles. The average molecular weight is 98.2 g/mol. The molecule has 0 spiro atoms. The van der Waals surface area contributed by atoms with Crippen LogP contribution in [0.25, 0.3) is 0 Å². The second-order valence-electron chi connectivity index (χ2n) is 1.96. The normalized spacial score (nSPS) is 19.1. The molecule has 0 aromatic rings. The highest BCUT2D eigenvalue weighted by Gasteiger charge is 2.01. The van der Waals surface area contributed by atoms with Crippen LogP contribution in [0, 0.1) is 0 Å². The Hall–Kier alpha value is -0.260. The van der Waals surface area contributed by atoms with Crippen molar-refractivity contribution < 1.29 is 0 Å². The van der Waals surface area contributed by atoms with Crippen molar-refractivity contribution in [2.45, 2.75) is 33.1 Å². The lowest BCUT2D eigenvalue weighted by Crippen LogP contribution is -1.59. The first-order chi connectivity index (χ1) is 2.89. The average Bonchev–Trinajstić information content (AvgIpc) is 1.86. The van der Waals surface area contributed by atoms with Crippen LogP contribution in [0.5, 0.6) is 0 Å². The first-order valence-electron chi connectivity index (χ1n) is 2.56. The fraction of sp³-hybridized carbons (Fsp3) is 0.714. The van der Waals surface area contributed by atoms with Crippen LogP contribution in [0.15, 0.2) is 12.2 Å². The molecule has 1 aliphatic carbocycles. The fourth-order valence-electron chi connectivity index (χ4n) is 0.875. The zero-order valence-corrected chi connectivity index (χ0v) is 4.04. The van der Waals surface area contributed by atoms with Gasteiger partial charge in [-0.1, -0.05) is 19.6 Å². The third-order valence-electron chi connectivity index (χ3n) is 1.31. The Morgan fingerprint density at radius 2 is 1.57 bits per heavy atom. The minimum Gasteiger partial charge on any atom is -0.0999 e. The fourth-order valence-corrected chi connectivity index (χ4v) is 0.875. The van der Waals surface area contributed by atoms with Gasteiger partial charge in [-0.15, -0.1) is 0 Å².